The van der Waals surface area contributed by atoms with Crippen LogP contribution in [0, 0.1) is 39.0 Å². The second kappa shape index (κ2) is 15.4. The van der Waals surface area contributed by atoms with Crippen molar-refractivity contribution in [3.63, 3.8) is 0 Å². The molecule has 6 aromatic carbocycles. The highest BCUT2D eigenvalue weighted by atomic mass is 31.1. The van der Waals surface area contributed by atoms with Gasteiger partial charge in [0.1, 0.15) is 0 Å². The Morgan fingerprint density at radius 2 is 0.612 bits per heavy atom. The van der Waals surface area contributed by atoms with E-state index in [0.717, 1.165) is 0 Å². The molecular formula is C47H50P2. The van der Waals surface area contributed by atoms with Gasteiger partial charge in [-0.25, -0.2) is 0 Å². The fraction of sp³-hybridized carbons (Fsp3) is 0.234. The molecule has 2 heteroatoms. The lowest BCUT2D eigenvalue weighted by atomic mass is 9.69. The summed E-state index contributed by atoms with van der Waals surface area (Å²) in [5.41, 5.74) is 8.37. The lowest BCUT2D eigenvalue weighted by Crippen LogP contribution is -2.41. The van der Waals surface area contributed by atoms with Crippen molar-refractivity contribution in [2.24, 2.45) is 11.3 Å². The van der Waals surface area contributed by atoms with Gasteiger partial charge in [0.05, 0.1) is 0 Å². The van der Waals surface area contributed by atoms with Crippen molar-refractivity contribution in [3.8, 4) is 0 Å². The maximum absolute atomic E-state index is 2.64. The Balaban J connectivity index is 1.71. The van der Waals surface area contributed by atoms with Gasteiger partial charge in [-0.2, -0.15) is 0 Å². The smallest absolute Gasteiger partial charge is 0.0188 e. The van der Waals surface area contributed by atoms with Crippen molar-refractivity contribution in [1.82, 2.24) is 0 Å². The van der Waals surface area contributed by atoms with E-state index in [-0.39, 0.29) is 16.7 Å². The van der Waals surface area contributed by atoms with Crippen LogP contribution in [0.5, 0.6) is 0 Å². The maximum Gasteiger partial charge on any atom is 0.0188 e. The van der Waals surface area contributed by atoms with Crippen molar-refractivity contribution in [1.29, 1.82) is 0 Å². The molecule has 0 amide bonds. The predicted molar refractivity (Wildman–Crippen MR) is 218 cm³/mol. The molecule has 0 spiro atoms. The molecule has 2 atom stereocenters. The van der Waals surface area contributed by atoms with Gasteiger partial charge in [0.2, 0.25) is 0 Å². The third kappa shape index (κ3) is 7.53. The van der Waals surface area contributed by atoms with Crippen LogP contribution in [0.4, 0.5) is 0 Å². The van der Waals surface area contributed by atoms with E-state index < -0.39 is 15.8 Å². The van der Waals surface area contributed by atoms with E-state index in [0.29, 0.717) is 5.92 Å². The average Bonchev–Trinajstić information content (AvgIpc) is 3.12. The highest BCUT2D eigenvalue weighted by Crippen LogP contribution is 2.71. The van der Waals surface area contributed by atoms with Crippen molar-refractivity contribution in [2.45, 2.75) is 59.8 Å². The third-order valence-corrected chi connectivity index (χ3v) is 16.6. The summed E-state index contributed by atoms with van der Waals surface area (Å²) in [4.78, 5) is 0. The highest BCUT2D eigenvalue weighted by Gasteiger charge is 2.52. The SMILES string of the molecule is Cc1ccc(P(c2ccc(C)cc2)C(c2ccccc2)C(C)(C(C)C)C(c2ccccc2)P(c2ccc(C)cc2)c2ccc(C)cc2)cc1. The molecule has 0 radical (unpaired) electrons. The van der Waals surface area contributed by atoms with E-state index in [4.69, 9.17) is 0 Å². The lowest BCUT2D eigenvalue weighted by molar-refractivity contribution is 0.200. The van der Waals surface area contributed by atoms with Gasteiger partial charge >= 0.3 is 0 Å². The zero-order valence-corrected chi connectivity index (χ0v) is 31.9. The molecule has 0 saturated carbocycles. The predicted octanol–water partition coefficient (Wildman–Crippen LogP) is 11.6. The van der Waals surface area contributed by atoms with Crippen LogP contribution < -0.4 is 21.2 Å². The Hall–Kier alpha value is -3.82. The van der Waals surface area contributed by atoms with Gasteiger partial charge in [-0.3, -0.25) is 0 Å². The summed E-state index contributed by atoms with van der Waals surface area (Å²) in [5.74, 6) is 0.365. The van der Waals surface area contributed by atoms with E-state index in [1.54, 1.807) is 0 Å². The molecule has 6 rings (SSSR count). The summed E-state index contributed by atoms with van der Waals surface area (Å²) in [6.07, 6.45) is 0. The second-order valence-corrected chi connectivity index (χ2v) is 18.8. The second-order valence-electron chi connectivity index (χ2n) is 14.2. The van der Waals surface area contributed by atoms with Crippen molar-refractivity contribution < 1.29 is 0 Å². The van der Waals surface area contributed by atoms with Gasteiger partial charge in [-0.05, 0) is 87.2 Å². The van der Waals surface area contributed by atoms with Crippen LogP contribution in [-0.4, -0.2) is 0 Å². The van der Waals surface area contributed by atoms with Gasteiger partial charge in [-0.1, -0.05) is 201 Å². The Morgan fingerprint density at radius 1 is 0.367 bits per heavy atom. The molecular weight excluding hydrogens is 626 g/mol. The molecule has 0 saturated heterocycles. The monoisotopic (exact) mass is 676 g/mol. The standard InChI is InChI=1S/C47H50P2/c1-34(2)47(7,45(39-14-10-8-11-15-39)48(41-26-18-35(3)19-27-41)42-28-20-36(4)21-29-42)46(40-16-12-9-13-17-40)49(43-30-22-37(5)23-31-43)44-32-24-38(6)25-33-44/h8-34,45-46H,1-7H3. The van der Waals surface area contributed by atoms with E-state index in [2.05, 4.69) is 206 Å². The summed E-state index contributed by atoms with van der Waals surface area (Å²) < 4.78 is 0. The Morgan fingerprint density at radius 3 is 0.837 bits per heavy atom. The van der Waals surface area contributed by atoms with Crippen molar-refractivity contribution in [2.75, 3.05) is 0 Å². The first kappa shape index (κ1) is 35.0. The van der Waals surface area contributed by atoms with Gasteiger partial charge in [0.15, 0.2) is 0 Å². The fourth-order valence-electron chi connectivity index (χ4n) is 7.34. The van der Waals surface area contributed by atoms with Gasteiger partial charge in [-0.15, -0.1) is 0 Å². The van der Waals surface area contributed by atoms with Crippen molar-refractivity contribution in [3.05, 3.63) is 191 Å². The minimum atomic E-state index is -0.821. The summed E-state index contributed by atoms with van der Waals surface area (Å²) in [6, 6.07) is 60.8. The zero-order valence-electron chi connectivity index (χ0n) is 30.1. The molecule has 0 nitrogen and oxygen atoms in total. The number of hydrogen-bond donors (Lipinski definition) is 0. The van der Waals surface area contributed by atoms with Gasteiger partial charge in [0, 0.05) is 11.3 Å². The molecule has 0 aliphatic rings. The minimum absolute atomic E-state index is 0.161. The molecule has 6 aromatic rings. The quantitative estimate of drug-likeness (QED) is 0.120. The van der Waals surface area contributed by atoms with E-state index in [9.17, 15) is 0 Å². The molecule has 49 heavy (non-hydrogen) atoms. The summed E-state index contributed by atoms with van der Waals surface area (Å²) >= 11 is 0. The molecule has 0 aliphatic carbocycles. The molecule has 0 bridgehead atoms. The molecule has 248 valence electrons. The normalized spacial score (nSPS) is 14.2. The van der Waals surface area contributed by atoms with Crippen LogP contribution in [0.3, 0.4) is 0 Å². The fourth-order valence-corrected chi connectivity index (χ4v) is 14.1. The number of rotatable bonds is 11. The van der Waals surface area contributed by atoms with Gasteiger partial charge < -0.3 is 0 Å². The summed E-state index contributed by atoms with van der Waals surface area (Å²) in [6.45, 7) is 16.4. The maximum atomic E-state index is 2.64. The Bertz CT molecular complexity index is 1680. The number of aryl methyl sites for hydroxylation is 4. The van der Waals surface area contributed by atoms with Crippen LogP contribution in [0.25, 0.3) is 0 Å². The van der Waals surface area contributed by atoms with Crippen molar-refractivity contribution >= 4 is 37.1 Å². The van der Waals surface area contributed by atoms with Crippen LogP contribution in [-0.2, 0) is 0 Å². The van der Waals surface area contributed by atoms with E-state index >= 15 is 0 Å². The average molecular weight is 677 g/mol. The number of benzene rings is 6. The third-order valence-electron chi connectivity index (χ3n) is 10.4. The van der Waals surface area contributed by atoms with Crippen LogP contribution >= 0.6 is 15.8 Å². The highest BCUT2D eigenvalue weighted by molar-refractivity contribution is 7.74. The molecule has 2 unspecified atom stereocenters. The molecule has 0 fully saturated rings. The Labute approximate surface area is 298 Å². The summed E-state index contributed by atoms with van der Waals surface area (Å²) in [7, 11) is -1.64. The van der Waals surface area contributed by atoms with Gasteiger partial charge in [0.25, 0.3) is 0 Å². The topological polar surface area (TPSA) is 0 Å². The van der Waals surface area contributed by atoms with Crippen LogP contribution in [0.15, 0.2) is 158 Å². The largest absolute Gasteiger partial charge is 0.0622 e. The molecule has 0 heterocycles. The van der Waals surface area contributed by atoms with Crippen LogP contribution in [0.2, 0.25) is 0 Å². The Kier molecular flexibility index (Phi) is 11.0. The minimum Gasteiger partial charge on any atom is -0.0622 e. The first-order chi connectivity index (χ1) is 23.7. The zero-order chi connectivity index (χ0) is 34.5. The lowest BCUT2D eigenvalue weighted by Gasteiger charge is -2.53. The number of hydrogen-bond acceptors (Lipinski definition) is 0. The van der Waals surface area contributed by atoms with E-state index in [1.165, 1.54) is 54.6 Å². The first-order valence-corrected chi connectivity index (χ1v) is 20.4. The molecule has 0 aliphatic heterocycles. The van der Waals surface area contributed by atoms with Crippen LogP contribution in [0.1, 0.15) is 65.5 Å². The molecule has 0 aromatic heterocycles. The van der Waals surface area contributed by atoms with E-state index in [1.807, 2.05) is 0 Å². The molecule has 0 N–H and O–H groups in total. The first-order valence-electron chi connectivity index (χ1n) is 17.6. The summed E-state index contributed by atoms with van der Waals surface area (Å²) in [5, 5.41) is 5.75.